The van der Waals surface area contributed by atoms with Crippen LogP contribution in [0.4, 0.5) is 0 Å². The highest BCUT2D eigenvalue weighted by molar-refractivity contribution is 5.79. The maximum Gasteiger partial charge on any atom is 0.227 e. The van der Waals surface area contributed by atoms with Gasteiger partial charge < -0.3 is 21.5 Å². The summed E-state index contributed by atoms with van der Waals surface area (Å²) in [4.78, 5) is 14.0. The summed E-state index contributed by atoms with van der Waals surface area (Å²) in [6.07, 6.45) is 3.82. The second-order valence-corrected chi connectivity index (χ2v) is 5.60. The molecule has 1 unspecified atom stereocenters. The Kier molecular flexibility index (Phi) is 7.35. The zero-order valence-electron chi connectivity index (χ0n) is 14.1. The Morgan fingerprint density at radius 1 is 1.35 bits per heavy atom. The summed E-state index contributed by atoms with van der Waals surface area (Å²) in [6.45, 7) is 6.63. The minimum atomic E-state index is -0.908. The van der Waals surface area contributed by atoms with Gasteiger partial charge in [0.1, 0.15) is 6.10 Å². The lowest BCUT2D eigenvalue weighted by molar-refractivity contribution is -0.131. The van der Waals surface area contributed by atoms with E-state index in [0.717, 1.165) is 5.56 Å². The Morgan fingerprint density at radius 2 is 2.04 bits per heavy atom. The van der Waals surface area contributed by atoms with E-state index in [0.29, 0.717) is 13.0 Å². The van der Waals surface area contributed by atoms with E-state index in [4.69, 9.17) is 11.5 Å². The summed E-state index contributed by atoms with van der Waals surface area (Å²) >= 11 is 0. The van der Waals surface area contributed by atoms with Crippen molar-refractivity contribution in [3.8, 4) is 0 Å². The van der Waals surface area contributed by atoms with Crippen molar-refractivity contribution in [1.29, 1.82) is 0 Å². The van der Waals surface area contributed by atoms with Crippen LogP contribution < -0.4 is 11.5 Å². The van der Waals surface area contributed by atoms with Crippen LogP contribution in [0, 0.1) is 13.8 Å². The molecule has 0 spiro atoms. The molecule has 0 saturated carbocycles. The Labute approximate surface area is 138 Å². The number of amides is 1. The van der Waals surface area contributed by atoms with Crippen LogP contribution in [0.2, 0.25) is 0 Å². The third-order valence-corrected chi connectivity index (χ3v) is 3.84. The van der Waals surface area contributed by atoms with Crippen molar-refractivity contribution in [3.63, 3.8) is 0 Å². The Morgan fingerprint density at radius 3 is 2.61 bits per heavy atom. The molecule has 1 aromatic carbocycles. The summed E-state index contributed by atoms with van der Waals surface area (Å²) in [5.41, 5.74) is 14.6. The molecular weight excluding hydrogens is 290 g/mol. The number of carbonyl (C=O) groups is 1. The van der Waals surface area contributed by atoms with Crippen molar-refractivity contribution in [2.24, 2.45) is 11.5 Å². The molecule has 0 radical (unpaired) electrons. The van der Waals surface area contributed by atoms with Gasteiger partial charge in [-0.3, -0.25) is 4.79 Å². The molecule has 0 aliphatic rings. The van der Waals surface area contributed by atoms with Crippen LogP contribution >= 0.6 is 0 Å². The van der Waals surface area contributed by atoms with Gasteiger partial charge in [0.2, 0.25) is 5.91 Å². The fraction of sp³-hybridized carbons (Fsp3) is 0.389. The number of allylic oxidation sites excluding steroid dienone is 2. The van der Waals surface area contributed by atoms with Gasteiger partial charge in [-0.25, -0.2) is 0 Å². The first kappa shape index (κ1) is 18.8. The number of carbonyl (C=O) groups excluding carboxylic acids is 1. The van der Waals surface area contributed by atoms with Gasteiger partial charge in [0.15, 0.2) is 0 Å². The fourth-order valence-electron chi connectivity index (χ4n) is 2.20. The number of benzene rings is 1. The van der Waals surface area contributed by atoms with Gasteiger partial charge in [-0.15, -0.1) is 0 Å². The molecular formula is C18H27N3O2. The highest BCUT2D eigenvalue weighted by Crippen LogP contribution is 2.12. The van der Waals surface area contributed by atoms with E-state index in [9.17, 15) is 9.90 Å². The molecule has 0 aliphatic carbocycles. The Balaban J connectivity index is 2.73. The molecule has 1 amide bonds. The first-order chi connectivity index (χ1) is 10.9. The molecule has 0 heterocycles. The quantitative estimate of drug-likeness (QED) is 0.662. The second kappa shape index (κ2) is 9.00. The lowest BCUT2D eigenvalue weighted by Crippen LogP contribution is -2.40. The van der Waals surface area contributed by atoms with Gasteiger partial charge in [-0.05, 0) is 55.8 Å². The number of hydrogen-bond donors (Lipinski definition) is 3. The lowest BCUT2D eigenvalue weighted by atomic mass is 10.0. The topological polar surface area (TPSA) is 92.6 Å². The molecule has 1 atom stereocenters. The molecule has 5 heteroatoms. The maximum absolute atomic E-state index is 12.4. The Bertz CT molecular complexity index is 594. The van der Waals surface area contributed by atoms with Gasteiger partial charge >= 0.3 is 0 Å². The van der Waals surface area contributed by atoms with Crippen LogP contribution in [0.1, 0.15) is 23.6 Å². The summed E-state index contributed by atoms with van der Waals surface area (Å²) in [5.74, 6) is -0.0306. The molecule has 126 valence electrons. The number of hydrogen-bond acceptors (Lipinski definition) is 4. The van der Waals surface area contributed by atoms with Crippen molar-refractivity contribution in [1.82, 2.24) is 4.90 Å². The normalized spacial score (nSPS) is 13.3. The van der Waals surface area contributed by atoms with E-state index in [1.165, 1.54) is 23.4 Å². The fourth-order valence-corrected chi connectivity index (χ4v) is 2.20. The van der Waals surface area contributed by atoms with Crippen molar-refractivity contribution in [3.05, 3.63) is 58.9 Å². The van der Waals surface area contributed by atoms with Gasteiger partial charge in [0.05, 0.1) is 13.0 Å². The first-order valence-electron chi connectivity index (χ1n) is 7.74. The molecule has 23 heavy (non-hydrogen) atoms. The Hall–Kier alpha value is -2.27. The molecule has 0 aromatic heterocycles. The standard InChI is InChI=1S/C18H27N3O2/c1-4-21(12-17(22)16(20)6-5-9-19)18(23)11-15-8-7-13(2)14(3)10-15/h5-10,17,22H,4,11-12,19-20H2,1-3H3/b9-5-,16-6-. The van der Waals surface area contributed by atoms with E-state index in [2.05, 4.69) is 0 Å². The average Bonchev–Trinajstić information content (AvgIpc) is 2.53. The molecule has 0 bridgehead atoms. The van der Waals surface area contributed by atoms with E-state index in [-0.39, 0.29) is 18.1 Å². The number of nitrogens with zero attached hydrogens (tertiary/aromatic N) is 1. The molecule has 5 nitrogen and oxygen atoms in total. The number of aliphatic hydroxyl groups excluding tert-OH is 1. The largest absolute Gasteiger partial charge is 0.405 e. The van der Waals surface area contributed by atoms with Crippen LogP contribution in [-0.4, -0.2) is 35.1 Å². The van der Waals surface area contributed by atoms with Crippen molar-refractivity contribution in [2.45, 2.75) is 33.3 Å². The highest BCUT2D eigenvalue weighted by atomic mass is 16.3. The number of aryl methyl sites for hydroxylation is 2. The van der Waals surface area contributed by atoms with E-state index in [1.54, 1.807) is 11.0 Å². The first-order valence-corrected chi connectivity index (χ1v) is 7.74. The highest BCUT2D eigenvalue weighted by Gasteiger charge is 2.17. The monoisotopic (exact) mass is 317 g/mol. The third kappa shape index (κ3) is 5.79. The molecule has 1 rings (SSSR count). The molecule has 5 N–H and O–H groups in total. The minimum Gasteiger partial charge on any atom is -0.405 e. The smallest absolute Gasteiger partial charge is 0.227 e. The summed E-state index contributed by atoms with van der Waals surface area (Å²) in [7, 11) is 0. The predicted molar refractivity (Wildman–Crippen MR) is 93.5 cm³/mol. The molecule has 0 aliphatic heterocycles. The van der Waals surface area contributed by atoms with Gasteiger partial charge in [0, 0.05) is 12.2 Å². The van der Waals surface area contributed by atoms with Crippen LogP contribution in [0.25, 0.3) is 0 Å². The SMILES string of the molecule is CCN(CC(O)/C(N)=C/C=C\N)C(=O)Cc1ccc(C)c(C)c1. The minimum absolute atomic E-state index is 0.0306. The summed E-state index contributed by atoms with van der Waals surface area (Å²) in [5, 5.41) is 10.1. The molecule has 0 saturated heterocycles. The van der Waals surface area contributed by atoms with E-state index < -0.39 is 6.10 Å². The van der Waals surface area contributed by atoms with Crippen molar-refractivity contribution < 1.29 is 9.90 Å². The van der Waals surface area contributed by atoms with Crippen molar-refractivity contribution >= 4 is 5.91 Å². The van der Waals surface area contributed by atoms with Gasteiger partial charge in [0.25, 0.3) is 0 Å². The number of aliphatic hydroxyl groups is 1. The van der Waals surface area contributed by atoms with Crippen molar-refractivity contribution in [2.75, 3.05) is 13.1 Å². The zero-order chi connectivity index (χ0) is 17.4. The number of likely N-dealkylation sites (N-methyl/N-ethyl adjacent to an activating group) is 1. The molecule has 1 aromatic rings. The molecule has 0 fully saturated rings. The lowest BCUT2D eigenvalue weighted by Gasteiger charge is -2.24. The number of nitrogens with two attached hydrogens (primary N) is 2. The van der Waals surface area contributed by atoms with E-state index >= 15 is 0 Å². The summed E-state index contributed by atoms with van der Waals surface area (Å²) < 4.78 is 0. The van der Waals surface area contributed by atoms with Crippen LogP contribution in [0.5, 0.6) is 0 Å². The van der Waals surface area contributed by atoms with Crippen LogP contribution in [0.15, 0.2) is 42.2 Å². The van der Waals surface area contributed by atoms with Gasteiger partial charge in [-0.1, -0.05) is 18.2 Å². The third-order valence-electron chi connectivity index (χ3n) is 3.84. The van der Waals surface area contributed by atoms with Gasteiger partial charge in [-0.2, -0.15) is 0 Å². The van der Waals surface area contributed by atoms with Crippen LogP contribution in [0.3, 0.4) is 0 Å². The average molecular weight is 317 g/mol. The predicted octanol–water partition coefficient (Wildman–Crippen LogP) is 1.37. The van der Waals surface area contributed by atoms with Crippen LogP contribution in [-0.2, 0) is 11.2 Å². The number of rotatable bonds is 7. The van der Waals surface area contributed by atoms with E-state index in [1.807, 2.05) is 39.0 Å². The summed E-state index contributed by atoms with van der Waals surface area (Å²) in [6, 6.07) is 6.01. The second-order valence-electron chi connectivity index (χ2n) is 5.60. The zero-order valence-corrected chi connectivity index (χ0v) is 14.1. The maximum atomic E-state index is 12.4.